The van der Waals surface area contributed by atoms with E-state index in [1.807, 2.05) is 6.07 Å². The molecule has 7 aromatic carbocycles. The van der Waals surface area contributed by atoms with Gasteiger partial charge in [0, 0.05) is 38.8 Å². The van der Waals surface area contributed by atoms with Crippen LogP contribution in [0.3, 0.4) is 0 Å². The minimum Gasteiger partial charge on any atom is -0.455 e. The summed E-state index contributed by atoms with van der Waals surface area (Å²) < 4.78 is 9.10. The van der Waals surface area contributed by atoms with Crippen LogP contribution in [0.2, 0.25) is 0 Å². The van der Waals surface area contributed by atoms with Gasteiger partial charge in [-0.25, -0.2) is 0 Å². The van der Waals surface area contributed by atoms with Crippen molar-refractivity contribution in [2.75, 3.05) is 4.90 Å². The Hall–Kier alpha value is -6.06. The molecule has 3 nitrogen and oxygen atoms in total. The summed E-state index contributed by atoms with van der Waals surface area (Å²) >= 11 is 0. The molecule has 0 spiro atoms. The number of furan rings is 1. The van der Waals surface area contributed by atoms with Gasteiger partial charge in [0.2, 0.25) is 0 Å². The summed E-state index contributed by atoms with van der Waals surface area (Å²) in [5.41, 5.74) is 10.7. The highest BCUT2D eigenvalue weighted by Gasteiger charge is 2.22. The van der Waals surface area contributed by atoms with Crippen LogP contribution >= 0.6 is 0 Å². The summed E-state index contributed by atoms with van der Waals surface area (Å²) in [6, 6.07) is 60.0. The largest absolute Gasteiger partial charge is 0.455 e. The van der Waals surface area contributed by atoms with E-state index in [9.17, 15) is 0 Å². The maximum atomic E-state index is 6.74. The second-order valence-electron chi connectivity index (χ2n) is 11.4. The zero-order chi connectivity index (χ0) is 29.7. The second-order valence-corrected chi connectivity index (χ2v) is 11.4. The van der Waals surface area contributed by atoms with Gasteiger partial charge in [-0.2, -0.15) is 0 Å². The molecule has 9 rings (SSSR count). The Kier molecular flexibility index (Phi) is 5.82. The van der Waals surface area contributed by atoms with Crippen LogP contribution < -0.4 is 4.90 Å². The summed E-state index contributed by atoms with van der Waals surface area (Å²) in [6.45, 7) is 0. The number of para-hydroxylation sites is 5. The molecule has 3 heteroatoms. The van der Waals surface area contributed by atoms with Gasteiger partial charge in [0.15, 0.2) is 0 Å². The van der Waals surface area contributed by atoms with E-state index in [2.05, 4.69) is 173 Å². The topological polar surface area (TPSA) is 21.3 Å². The average molecular weight is 577 g/mol. The van der Waals surface area contributed by atoms with Crippen molar-refractivity contribution in [2.24, 2.45) is 0 Å². The number of anilines is 3. The van der Waals surface area contributed by atoms with Crippen LogP contribution in [-0.4, -0.2) is 4.57 Å². The Morgan fingerprint density at radius 3 is 1.71 bits per heavy atom. The van der Waals surface area contributed by atoms with E-state index in [0.29, 0.717) is 0 Å². The smallest absolute Gasteiger partial charge is 0.145 e. The fraction of sp³-hybridized carbons (Fsp3) is 0. The lowest BCUT2D eigenvalue weighted by Gasteiger charge is -2.26. The zero-order valence-corrected chi connectivity index (χ0v) is 24.5. The summed E-state index contributed by atoms with van der Waals surface area (Å²) in [7, 11) is 0. The van der Waals surface area contributed by atoms with Crippen LogP contribution in [0.25, 0.3) is 60.6 Å². The van der Waals surface area contributed by atoms with E-state index in [0.717, 1.165) is 55.8 Å². The second kappa shape index (κ2) is 10.3. The fourth-order valence-electron chi connectivity index (χ4n) is 6.82. The van der Waals surface area contributed by atoms with Gasteiger partial charge in [-0.05, 0) is 72.3 Å². The third-order valence-electron chi connectivity index (χ3n) is 8.77. The van der Waals surface area contributed by atoms with Crippen molar-refractivity contribution in [1.82, 2.24) is 4.57 Å². The summed E-state index contributed by atoms with van der Waals surface area (Å²) in [6.07, 6.45) is 0. The molecular weight excluding hydrogens is 548 g/mol. The number of rotatable bonds is 5. The molecule has 0 amide bonds. The van der Waals surface area contributed by atoms with Crippen molar-refractivity contribution in [2.45, 2.75) is 0 Å². The Balaban J connectivity index is 1.30. The first-order valence-corrected chi connectivity index (χ1v) is 15.3. The van der Waals surface area contributed by atoms with Crippen molar-refractivity contribution < 1.29 is 4.42 Å². The minimum absolute atomic E-state index is 0.876. The molecule has 0 N–H and O–H groups in total. The molecule has 0 saturated carbocycles. The van der Waals surface area contributed by atoms with Gasteiger partial charge in [0.05, 0.1) is 22.1 Å². The van der Waals surface area contributed by atoms with Crippen molar-refractivity contribution in [3.63, 3.8) is 0 Å². The Labute approximate surface area is 260 Å². The highest BCUT2D eigenvalue weighted by Crippen LogP contribution is 2.46. The molecule has 0 atom stereocenters. The molecule has 2 aromatic heterocycles. The molecule has 0 aliphatic carbocycles. The van der Waals surface area contributed by atoms with Crippen molar-refractivity contribution >= 4 is 60.8 Å². The normalized spacial score (nSPS) is 11.6. The molecular formula is C42H28N2O. The maximum Gasteiger partial charge on any atom is 0.145 e. The number of fused-ring (bicyclic) bond motifs is 6. The zero-order valence-electron chi connectivity index (χ0n) is 24.5. The van der Waals surface area contributed by atoms with E-state index >= 15 is 0 Å². The van der Waals surface area contributed by atoms with Crippen LogP contribution in [0.4, 0.5) is 17.1 Å². The van der Waals surface area contributed by atoms with E-state index in [-0.39, 0.29) is 0 Å². The quantitative estimate of drug-likeness (QED) is 0.203. The summed E-state index contributed by atoms with van der Waals surface area (Å²) in [4.78, 5) is 2.32. The highest BCUT2D eigenvalue weighted by molar-refractivity contribution is 6.17. The van der Waals surface area contributed by atoms with Crippen LogP contribution in [0, 0.1) is 0 Å². The molecule has 45 heavy (non-hydrogen) atoms. The fourth-order valence-corrected chi connectivity index (χ4v) is 6.82. The van der Waals surface area contributed by atoms with Crippen molar-refractivity contribution in [3.8, 4) is 16.8 Å². The van der Waals surface area contributed by atoms with Gasteiger partial charge in [0.25, 0.3) is 0 Å². The van der Waals surface area contributed by atoms with Gasteiger partial charge in [-0.15, -0.1) is 0 Å². The third kappa shape index (κ3) is 4.05. The van der Waals surface area contributed by atoms with E-state index in [1.54, 1.807) is 0 Å². The van der Waals surface area contributed by atoms with Gasteiger partial charge in [-0.3, -0.25) is 0 Å². The molecule has 0 saturated heterocycles. The van der Waals surface area contributed by atoms with Crippen molar-refractivity contribution in [1.29, 1.82) is 0 Å². The minimum atomic E-state index is 0.876. The predicted octanol–water partition coefficient (Wildman–Crippen LogP) is 11.8. The standard InChI is InChI=1S/C42H28N2O/c1-3-15-30(16-4-1)43(31-17-5-2-6-18-31)39-27-26-33(42-41(39)36-22-9-12-25-40(36)45-42)29-14-13-19-32(28-29)44-37-23-10-7-20-34(37)35-21-8-11-24-38(35)44/h1-28H. The van der Waals surface area contributed by atoms with E-state index in [1.165, 1.54) is 21.8 Å². The van der Waals surface area contributed by atoms with E-state index in [4.69, 9.17) is 4.42 Å². The molecule has 0 unspecified atom stereocenters. The van der Waals surface area contributed by atoms with Crippen LogP contribution in [0.15, 0.2) is 174 Å². The number of nitrogens with zero attached hydrogens (tertiary/aromatic N) is 2. The number of benzene rings is 7. The molecule has 0 aliphatic heterocycles. The molecule has 2 heterocycles. The van der Waals surface area contributed by atoms with Crippen LogP contribution in [-0.2, 0) is 0 Å². The Morgan fingerprint density at radius 2 is 1.04 bits per heavy atom. The van der Waals surface area contributed by atoms with Crippen molar-refractivity contribution in [3.05, 3.63) is 170 Å². The first-order chi connectivity index (χ1) is 22.3. The SMILES string of the molecule is c1ccc(N(c2ccccc2)c2ccc(-c3cccc(-n4c5ccccc5c5ccccc54)c3)c3oc4ccccc4c23)cc1. The van der Waals surface area contributed by atoms with Gasteiger partial charge in [-0.1, -0.05) is 103 Å². The molecule has 0 fully saturated rings. The summed E-state index contributed by atoms with van der Waals surface area (Å²) in [5, 5.41) is 4.70. The molecule has 9 aromatic rings. The van der Waals surface area contributed by atoms with E-state index < -0.39 is 0 Å². The average Bonchev–Trinajstić information content (AvgIpc) is 3.66. The highest BCUT2D eigenvalue weighted by atomic mass is 16.3. The van der Waals surface area contributed by atoms with Crippen LogP contribution in [0.1, 0.15) is 0 Å². The first kappa shape index (κ1) is 25.4. The van der Waals surface area contributed by atoms with Gasteiger partial charge < -0.3 is 13.9 Å². The molecule has 0 radical (unpaired) electrons. The lowest BCUT2D eigenvalue weighted by molar-refractivity contribution is 0.670. The summed E-state index contributed by atoms with van der Waals surface area (Å²) in [5.74, 6) is 0. The first-order valence-electron chi connectivity index (χ1n) is 15.3. The van der Waals surface area contributed by atoms with Gasteiger partial charge >= 0.3 is 0 Å². The number of hydrogen-bond acceptors (Lipinski definition) is 2. The molecule has 212 valence electrons. The lowest BCUT2D eigenvalue weighted by atomic mass is 9.99. The maximum absolute atomic E-state index is 6.74. The Morgan fingerprint density at radius 1 is 0.467 bits per heavy atom. The number of hydrogen-bond donors (Lipinski definition) is 0. The molecule has 0 bridgehead atoms. The van der Waals surface area contributed by atoms with Crippen LogP contribution in [0.5, 0.6) is 0 Å². The monoisotopic (exact) mass is 576 g/mol. The number of aromatic nitrogens is 1. The van der Waals surface area contributed by atoms with Gasteiger partial charge in [0.1, 0.15) is 11.2 Å². The third-order valence-corrected chi connectivity index (χ3v) is 8.77. The lowest BCUT2D eigenvalue weighted by Crippen LogP contribution is -2.10. The molecule has 0 aliphatic rings. The predicted molar refractivity (Wildman–Crippen MR) is 188 cm³/mol. The Bertz CT molecular complexity index is 2400.